The molecule has 1 saturated heterocycles. The van der Waals surface area contributed by atoms with Gasteiger partial charge in [0.2, 0.25) is 5.91 Å². The number of fused-ring (bicyclic) bond motifs is 1. The van der Waals surface area contributed by atoms with Crippen molar-refractivity contribution in [3.8, 4) is 5.75 Å². The van der Waals surface area contributed by atoms with E-state index in [0.29, 0.717) is 30.0 Å². The van der Waals surface area contributed by atoms with Gasteiger partial charge in [-0.2, -0.15) is 0 Å². The fourth-order valence-corrected chi connectivity index (χ4v) is 4.54. The first-order chi connectivity index (χ1) is 15.1. The Labute approximate surface area is 183 Å². The summed E-state index contributed by atoms with van der Waals surface area (Å²) >= 11 is 1.27. The van der Waals surface area contributed by atoms with Crippen molar-refractivity contribution >= 4 is 27.5 Å². The molecule has 3 aromatic rings. The maximum absolute atomic E-state index is 13.2. The Balaban J connectivity index is 1.60. The summed E-state index contributed by atoms with van der Waals surface area (Å²) in [6.45, 7) is 3.58. The number of carbonyl (C=O) groups excluding carboxylic acids is 1. The molecule has 1 fully saturated rings. The Morgan fingerprint density at radius 3 is 2.74 bits per heavy atom. The maximum Gasteiger partial charge on any atom is 0.332 e. The summed E-state index contributed by atoms with van der Waals surface area (Å²) in [5.74, 6) is 0.448. The summed E-state index contributed by atoms with van der Waals surface area (Å²) in [6.07, 6.45) is 1.93. The van der Waals surface area contributed by atoms with Crippen LogP contribution in [0.2, 0.25) is 0 Å². The summed E-state index contributed by atoms with van der Waals surface area (Å²) < 4.78 is 14.0. The van der Waals surface area contributed by atoms with Gasteiger partial charge in [0.15, 0.2) is 0 Å². The largest absolute Gasteiger partial charge is 0.494 e. The second-order valence-electron chi connectivity index (χ2n) is 7.41. The molecule has 1 amide bonds. The average Bonchev–Trinajstić information content (AvgIpc) is 3.46. The zero-order valence-electron chi connectivity index (χ0n) is 17.3. The number of amides is 1. The van der Waals surface area contributed by atoms with Crippen LogP contribution in [0.1, 0.15) is 25.3 Å². The number of nitrogens with zero attached hydrogens (tertiary/aromatic N) is 2. The van der Waals surface area contributed by atoms with E-state index in [9.17, 15) is 14.4 Å². The van der Waals surface area contributed by atoms with E-state index in [0.717, 1.165) is 24.2 Å². The molecule has 1 aliphatic heterocycles. The van der Waals surface area contributed by atoms with Gasteiger partial charge in [0, 0.05) is 13.2 Å². The summed E-state index contributed by atoms with van der Waals surface area (Å²) in [5.41, 5.74) is 0.431. The van der Waals surface area contributed by atoms with Gasteiger partial charge in [-0.25, -0.2) is 4.79 Å². The lowest BCUT2D eigenvalue weighted by atomic mass is 10.2. The third-order valence-corrected chi connectivity index (χ3v) is 6.16. The first kappa shape index (κ1) is 21.3. The van der Waals surface area contributed by atoms with Crippen LogP contribution >= 0.6 is 11.3 Å². The molecule has 2 aromatic heterocycles. The van der Waals surface area contributed by atoms with Gasteiger partial charge < -0.3 is 14.8 Å². The van der Waals surface area contributed by atoms with E-state index in [2.05, 4.69) is 5.32 Å². The van der Waals surface area contributed by atoms with E-state index in [1.807, 2.05) is 31.2 Å². The lowest BCUT2D eigenvalue weighted by Gasteiger charge is -2.14. The topological polar surface area (TPSA) is 91.6 Å². The zero-order chi connectivity index (χ0) is 21.8. The van der Waals surface area contributed by atoms with Gasteiger partial charge in [0.25, 0.3) is 5.56 Å². The second kappa shape index (κ2) is 9.49. The Bertz CT molecular complexity index is 1170. The molecule has 0 bridgehead atoms. The Kier molecular flexibility index (Phi) is 6.53. The normalized spacial score (nSPS) is 16.0. The molecule has 1 atom stereocenters. The lowest BCUT2D eigenvalue weighted by Crippen LogP contribution is -2.43. The predicted molar refractivity (Wildman–Crippen MR) is 119 cm³/mol. The van der Waals surface area contributed by atoms with E-state index < -0.39 is 5.69 Å². The van der Waals surface area contributed by atoms with Crippen molar-refractivity contribution in [3.63, 3.8) is 0 Å². The molecule has 0 radical (unpaired) electrons. The van der Waals surface area contributed by atoms with Crippen molar-refractivity contribution in [2.75, 3.05) is 19.8 Å². The lowest BCUT2D eigenvalue weighted by molar-refractivity contribution is -0.122. The Morgan fingerprint density at radius 1 is 1.23 bits per heavy atom. The van der Waals surface area contributed by atoms with Gasteiger partial charge in [-0.05, 0) is 48.9 Å². The molecule has 4 rings (SSSR count). The number of hydrogen-bond acceptors (Lipinski definition) is 6. The molecule has 31 heavy (non-hydrogen) atoms. The van der Waals surface area contributed by atoms with Gasteiger partial charge in [0.1, 0.15) is 17.0 Å². The van der Waals surface area contributed by atoms with Crippen LogP contribution in [0.4, 0.5) is 0 Å². The van der Waals surface area contributed by atoms with E-state index >= 15 is 0 Å². The third kappa shape index (κ3) is 4.72. The highest BCUT2D eigenvalue weighted by atomic mass is 32.1. The minimum Gasteiger partial charge on any atom is -0.494 e. The molecule has 164 valence electrons. The highest BCUT2D eigenvalue weighted by Gasteiger charge is 2.19. The first-order valence-electron chi connectivity index (χ1n) is 10.4. The van der Waals surface area contributed by atoms with Crippen molar-refractivity contribution in [2.24, 2.45) is 0 Å². The number of hydrogen-bond donors (Lipinski definition) is 1. The molecule has 8 nitrogen and oxygen atoms in total. The minimum absolute atomic E-state index is 0.0236. The highest BCUT2D eigenvalue weighted by Crippen LogP contribution is 2.17. The molecule has 0 spiro atoms. The molecule has 1 aromatic carbocycles. The van der Waals surface area contributed by atoms with Crippen LogP contribution in [-0.2, 0) is 22.6 Å². The molecule has 1 aliphatic rings. The number of rotatable bonds is 8. The molecule has 3 heterocycles. The monoisotopic (exact) mass is 443 g/mol. The zero-order valence-corrected chi connectivity index (χ0v) is 18.2. The number of thiophene rings is 1. The van der Waals surface area contributed by atoms with Gasteiger partial charge in [-0.3, -0.25) is 18.7 Å². The molecule has 1 unspecified atom stereocenters. The third-order valence-electron chi connectivity index (χ3n) is 5.26. The summed E-state index contributed by atoms with van der Waals surface area (Å²) in [5, 5.41) is 4.60. The van der Waals surface area contributed by atoms with E-state index in [1.165, 1.54) is 20.5 Å². The van der Waals surface area contributed by atoms with Gasteiger partial charge in [0.05, 0.1) is 24.8 Å². The Hall–Kier alpha value is -2.91. The molecular formula is C22H25N3O5S. The van der Waals surface area contributed by atoms with Gasteiger partial charge in [-0.15, -0.1) is 11.3 Å². The molecular weight excluding hydrogens is 418 g/mol. The van der Waals surface area contributed by atoms with Crippen molar-refractivity contribution in [1.29, 1.82) is 0 Å². The quantitative estimate of drug-likeness (QED) is 0.575. The highest BCUT2D eigenvalue weighted by molar-refractivity contribution is 7.17. The smallest absolute Gasteiger partial charge is 0.332 e. The standard InChI is InChI=1S/C22H25N3O5S/c1-2-29-16-7-5-15(6-8-16)13-25-21(27)20-18(9-11-31-20)24(22(25)28)14-19(26)23-12-17-4-3-10-30-17/h5-9,11,17H,2-4,10,12-14H2,1H3,(H,23,26). The molecule has 1 N–H and O–H groups in total. The number of aromatic nitrogens is 2. The van der Waals surface area contributed by atoms with Gasteiger partial charge >= 0.3 is 5.69 Å². The van der Waals surface area contributed by atoms with Crippen LogP contribution in [0.5, 0.6) is 5.75 Å². The van der Waals surface area contributed by atoms with Crippen LogP contribution in [0.15, 0.2) is 45.3 Å². The molecule has 0 saturated carbocycles. The Morgan fingerprint density at radius 2 is 2.03 bits per heavy atom. The number of ether oxygens (including phenoxy) is 2. The summed E-state index contributed by atoms with van der Waals surface area (Å²) in [4.78, 5) is 38.6. The first-order valence-corrected chi connectivity index (χ1v) is 11.3. The van der Waals surface area contributed by atoms with Crippen molar-refractivity contribution in [2.45, 2.75) is 39.0 Å². The van der Waals surface area contributed by atoms with Crippen LogP contribution in [0, 0.1) is 0 Å². The van der Waals surface area contributed by atoms with E-state index in [4.69, 9.17) is 9.47 Å². The van der Waals surface area contributed by atoms with Gasteiger partial charge in [-0.1, -0.05) is 12.1 Å². The number of benzene rings is 1. The van der Waals surface area contributed by atoms with Crippen LogP contribution in [0.3, 0.4) is 0 Å². The fourth-order valence-electron chi connectivity index (χ4n) is 3.70. The maximum atomic E-state index is 13.2. The van der Waals surface area contributed by atoms with Crippen molar-refractivity contribution in [1.82, 2.24) is 14.5 Å². The fraction of sp³-hybridized carbons (Fsp3) is 0.409. The van der Waals surface area contributed by atoms with Crippen LogP contribution in [0.25, 0.3) is 10.2 Å². The van der Waals surface area contributed by atoms with E-state index in [1.54, 1.807) is 11.4 Å². The average molecular weight is 444 g/mol. The number of carbonyl (C=O) groups is 1. The molecule has 0 aliphatic carbocycles. The predicted octanol–water partition coefficient (Wildman–Crippen LogP) is 1.97. The SMILES string of the molecule is CCOc1ccc(Cn2c(=O)c3sccc3n(CC(=O)NCC3CCCO3)c2=O)cc1. The number of nitrogens with one attached hydrogen (secondary N) is 1. The molecule has 9 heteroatoms. The van der Waals surface area contributed by atoms with Crippen LogP contribution < -0.4 is 21.3 Å². The summed E-state index contributed by atoms with van der Waals surface area (Å²) in [7, 11) is 0. The minimum atomic E-state index is -0.503. The van der Waals surface area contributed by atoms with Crippen LogP contribution in [-0.4, -0.2) is 40.9 Å². The van der Waals surface area contributed by atoms with Crippen molar-refractivity contribution < 1.29 is 14.3 Å². The second-order valence-corrected chi connectivity index (χ2v) is 8.33. The summed E-state index contributed by atoms with van der Waals surface area (Å²) in [6, 6.07) is 8.98. The van der Waals surface area contributed by atoms with E-state index in [-0.39, 0.29) is 30.7 Å². The van der Waals surface area contributed by atoms with Crippen molar-refractivity contribution in [3.05, 3.63) is 62.1 Å².